The molecule has 1 aromatic rings. The maximum Gasteiger partial charge on any atom is 0.338 e. The fourth-order valence-corrected chi connectivity index (χ4v) is 3.83. The summed E-state index contributed by atoms with van der Waals surface area (Å²) >= 11 is 2.15. The number of nitrogens with zero attached hydrogens (tertiary/aromatic N) is 1. The first-order valence-corrected chi connectivity index (χ1v) is 10.4. The average molecular weight is 512 g/mol. The molecule has 2 rings (SSSR count). The van der Waals surface area contributed by atoms with E-state index >= 15 is 0 Å². The molecule has 0 bridgehead atoms. The molecule has 0 aliphatic carbocycles. The Morgan fingerprint density at radius 2 is 2.10 bits per heavy atom. The molecule has 7 nitrogen and oxygen atoms in total. The van der Waals surface area contributed by atoms with Crippen LogP contribution in [-0.2, 0) is 14.3 Å². The van der Waals surface area contributed by atoms with Crippen LogP contribution in [0.25, 0.3) is 0 Å². The van der Waals surface area contributed by atoms with Crippen LogP contribution >= 0.6 is 22.6 Å². The van der Waals surface area contributed by atoms with Gasteiger partial charge >= 0.3 is 5.97 Å². The smallest absolute Gasteiger partial charge is 0.338 e. The lowest BCUT2D eigenvalue weighted by Crippen LogP contribution is -2.25. The van der Waals surface area contributed by atoms with Crippen LogP contribution in [0.3, 0.4) is 0 Å². The highest BCUT2D eigenvalue weighted by Gasteiger charge is 2.37. The van der Waals surface area contributed by atoms with Gasteiger partial charge in [0.25, 0.3) is 0 Å². The van der Waals surface area contributed by atoms with Crippen molar-refractivity contribution in [3.8, 4) is 17.6 Å². The Balaban J connectivity index is 2.60. The van der Waals surface area contributed by atoms with Crippen molar-refractivity contribution in [2.75, 3.05) is 20.3 Å². The highest BCUT2D eigenvalue weighted by molar-refractivity contribution is 14.1. The van der Waals surface area contributed by atoms with Crippen molar-refractivity contribution in [3.05, 3.63) is 44.1 Å². The lowest BCUT2D eigenvalue weighted by molar-refractivity contribution is -0.139. The van der Waals surface area contributed by atoms with Crippen LogP contribution in [0, 0.1) is 14.9 Å². The Kier molecular flexibility index (Phi) is 8.20. The van der Waals surface area contributed by atoms with Crippen molar-refractivity contribution in [2.45, 2.75) is 39.5 Å². The highest BCUT2D eigenvalue weighted by atomic mass is 127. The van der Waals surface area contributed by atoms with Gasteiger partial charge in [-0.05, 0) is 60.6 Å². The summed E-state index contributed by atoms with van der Waals surface area (Å²) < 4.78 is 22.9. The number of esters is 1. The van der Waals surface area contributed by atoms with Gasteiger partial charge < -0.3 is 24.7 Å². The molecule has 1 unspecified atom stereocenters. The number of nitrogens with two attached hydrogens (primary N) is 1. The topological polar surface area (TPSA) is 104 Å². The molecule has 0 saturated heterocycles. The molecule has 1 aliphatic rings. The molecular formula is C21H25IN2O5. The van der Waals surface area contributed by atoms with E-state index in [0.29, 0.717) is 29.4 Å². The molecule has 0 saturated carbocycles. The third kappa shape index (κ3) is 4.96. The van der Waals surface area contributed by atoms with Crippen molar-refractivity contribution < 1.29 is 23.7 Å². The van der Waals surface area contributed by atoms with E-state index in [2.05, 4.69) is 35.6 Å². The van der Waals surface area contributed by atoms with Crippen LogP contribution in [0.4, 0.5) is 0 Å². The maximum absolute atomic E-state index is 12.7. The minimum Gasteiger partial charge on any atom is -0.493 e. The van der Waals surface area contributed by atoms with Crippen molar-refractivity contribution >= 4 is 28.6 Å². The number of allylic oxidation sites excluding steroid dienone is 2. The van der Waals surface area contributed by atoms with Gasteiger partial charge in [-0.1, -0.05) is 13.3 Å². The Hall–Kier alpha value is -2.41. The molecule has 0 radical (unpaired) electrons. The molecule has 0 spiro atoms. The summed E-state index contributed by atoms with van der Waals surface area (Å²) in [5.41, 5.74) is 7.02. The van der Waals surface area contributed by atoms with Gasteiger partial charge in [-0.2, -0.15) is 5.26 Å². The predicted octanol–water partition coefficient (Wildman–Crippen LogP) is 4.12. The third-order valence-corrected chi connectivity index (χ3v) is 5.23. The van der Waals surface area contributed by atoms with Crippen LogP contribution in [0.15, 0.2) is 34.9 Å². The molecule has 0 fully saturated rings. The molecule has 8 heteroatoms. The molecule has 1 aromatic carbocycles. The van der Waals surface area contributed by atoms with Crippen LogP contribution in [0.1, 0.15) is 45.1 Å². The highest BCUT2D eigenvalue weighted by Crippen LogP contribution is 2.43. The van der Waals surface area contributed by atoms with E-state index in [1.165, 1.54) is 0 Å². The van der Waals surface area contributed by atoms with Gasteiger partial charge in [0.1, 0.15) is 17.4 Å². The van der Waals surface area contributed by atoms with E-state index in [1.54, 1.807) is 27.0 Å². The number of rotatable bonds is 8. The number of unbranched alkanes of at least 4 members (excludes halogenated alkanes) is 1. The van der Waals surface area contributed by atoms with Gasteiger partial charge in [0.15, 0.2) is 11.5 Å². The molecule has 156 valence electrons. The molecule has 1 atom stereocenters. The molecule has 2 N–H and O–H groups in total. The Labute approximate surface area is 184 Å². The number of carbonyl (C=O) groups is 1. The number of nitriles is 1. The van der Waals surface area contributed by atoms with E-state index < -0.39 is 11.9 Å². The number of hydrogen-bond acceptors (Lipinski definition) is 7. The van der Waals surface area contributed by atoms with E-state index in [-0.39, 0.29) is 23.6 Å². The summed E-state index contributed by atoms with van der Waals surface area (Å²) in [6, 6.07) is 5.70. The first-order valence-electron chi connectivity index (χ1n) is 9.35. The molecular weight excluding hydrogens is 487 g/mol. The summed E-state index contributed by atoms with van der Waals surface area (Å²) in [5, 5.41) is 9.70. The lowest BCUT2D eigenvalue weighted by Gasteiger charge is -2.27. The second kappa shape index (κ2) is 10.4. The second-order valence-corrected chi connectivity index (χ2v) is 7.51. The molecule has 1 heterocycles. The van der Waals surface area contributed by atoms with Gasteiger partial charge in [-0.15, -0.1) is 0 Å². The third-order valence-electron chi connectivity index (χ3n) is 4.43. The van der Waals surface area contributed by atoms with Gasteiger partial charge in [0.05, 0.1) is 35.4 Å². The molecule has 29 heavy (non-hydrogen) atoms. The number of carbonyl (C=O) groups excluding carboxylic acids is 1. The number of halogens is 1. The SMILES string of the molecule is CCCCOc1c(I)cc(C2C(C#N)=C(N)OC(C)=C2C(=O)OCC)cc1OC. The van der Waals surface area contributed by atoms with E-state index in [4.69, 9.17) is 24.7 Å². The van der Waals surface area contributed by atoms with Crippen LogP contribution < -0.4 is 15.2 Å². The van der Waals surface area contributed by atoms with Crippen molar-refractivity contribution in [1.29, 1.82) is 5.26 Å². The van der Waals surface area contributed by atoms with Crippen LogP contribution in [0.5, 0.6) is 11.5 Å². The molecule has 0 amide bonds. The quantitative estimate of drug-likeness (QED) is 0.318. The van der Waals surface area contributed by atoms with E-state index in [0.717, 1.165) is 16.4 Å². The zero-order chi connectivity index (χ0) is 21.6. The first-order chi connectivity index (χ1) is 13.9. The van der Waals surface area contributed by atoms with Gasteiger partial charge in [0.2, 0.25) is 5.88 Å². The summed E-state index contributed by atoms with van der Waals surface area (Å²) in [6.45, 7) is 6.21. The fraction of sp³-hybridized carbons (Fsp3) is 0.429. The summed E-state index contributed by atoms with van der Waals surface area (Å²) in [7, 11) is 1.55. The summed E-state index contributed by atoms with van der Waals surface area (Å²) in [5.74, 6) is 0.160. The standard InChI is InChI=1S/C21H25IN2O5/c1-5-7-8-28-19-15(22)9-13(10-16(19)26-4)18-14(11-23)20(24)29-12(3)17(18)21(25)27-6-2/h9-10,18H,5-8,24H2,1-4H3. The minimum atomic E-state index is -0.722. The van der Waals surface area contributed by atoms with E-state index in [9.17, 15) is 10.1 Å². The normalized spacial score (nSPS) is 16.2. The zero-order valence-electron chi connectivity index (χ0n) is 17.0. The lowest BCUT2D eigenvalue weighted by atomic mass is 9.83. The molecule has 0 aromatic heterocycles. The van der Waals surface area contributed by atoms with E-state index in [1.807, 2.05) is 6.07 Å². The van der Waals surface area contributed by atoms with Crippen LogP contribution in [0.2, 0.25) is 0 Å². The van der Waals surface area contributed by atoms with Crippen molar-refractivity contribution in [1.82, 2.24) is 0 Å². The van der Waals surface area contributed by atoms with Crippen molar-refractivity contribution in [3.63, 3.8) is 0 Å². The van der Waals surface area contributed by atoms with Gasteiger partial charge in [0, 0.05) is 0 Å². The molecule has 1 aliphatic heterocycles. The maximum atomic E-state index is 12.7. The largest absolute Gasteiger partial charge is 0.493 e. The Morgan fingerprint density at radius 3 is 2.69 bits per heavy atom. The number of benzene rings is 1. The average Bonchev–Trinajstić information content (AvgIpc) is 2.68. The van der Waals surface area contributed by atoms with Gasteiger partial charge in [-0.25, -0.2) is 4.79 Å². The Morgan fingerprint density at radius 1 is 1.38 bits per heavy atom. The summed E-state index contributed by atoms with van der Waals surface area (Å²) in [4.78, 5) is 12.7. The Bertz CT molecular complexity index is 886. The number of ether oxygens (including phenoxy) is 4. The monoisotopic (exact) mass is 512 g/mol. The minimum absolute atomic E-state index is 0.0275. The fourth-order valence-electron chi connectivity index (χ4n) is 3.05. The number of hydrogen-bond donors (Lipinski definition) is 1. The second-order valence-electron chi connectivity index (χ2n) is 6.35. The number of methoxy groups -OCH3 is 1. The van der Waals surface area contributed by atoms with Gasteiger partial charge in [-0.3, -0.25) is 0 Å². The predicted molar refractivity (Wildman–Crippen MR) is 116 cm³/mol. The van der Waals surface area contributed by atoms with Crippen molar-refractivity contribution in [2.24, 2.45) is 5.73 Å². The first kappa shape index (κ1) is 22.9. The zero-order valence-corrected chi connectivity index (χ0v) is 19.2. The summed E-state index contributed by atoms with van der Waals surface area (Å²) in [6.07, 6.45) is 1.94. The van der Waals surface area contributed by atoms with Crippen LogP contribution in [-0.4, -0.2) is 26.3 Å².